The second-order valence-corrected chi connectivity index (χ2v) is 6.10. The van der Waals surface area contributed by atoms with E-state index < -0.39 is 0 Å². The van der Waals surface area contributed by atoms with Crippen LogP contribution in [0, 0.1) is 0 Å². The van der Waals surface area contributed by atoms with Gasteiger partial charge in [-0.15, -0.1) is 10.2 Å². The molecular formula is C12H14N4O2S2. The van der Waals surface area contributed by atoms with Gasteiger partial charge in [-0.25, -0.2) is 4.79 Å². The van der Waals surface area contributed by atoms with Gasteiger partial charge in [-0.2, -0.15) is 0 Å². The van der Waals surface area contributed by atoms with Crippen molar-refractivity contribution in [3.05, 3.63) is 24.3 Å². The lowest BCUT2D eigenvalue weighted by Crippen LogP contribution is -2.19. The predicted molar refractivity (Wildman–Crippen MR) is 81.9 cm³/mol. The van der Waals surface area contributed by atoms with Gasteiger partial charge in [0.15, 0.2) is 4.34 Å². The summed E-state index contributed by atoms with van der Waals surface area (Å²) in [5, 5.41) is 13.7. The molecule has 1 heterocycles. The maximum atomic E-state index is 11.8. The number of urea groups is 1. The van der Waals surface area contributed by atoms with Gasteiger partial charge in [-0.05, 0) is 30.0 Å². The van der Waals surface area contributed by atoms with E-state index in [9.17, 15) is 4.79 Å². The Morgan fingerprint density at radius 3 is 2.70 bits per heavy atom. The molecule has 8 heteroatoms. The fourth-order valence-corrected chi connectivity index (χ4v) is 3.02. The van der Waals surface area contributed by atoms with Gasteiger partial charge in [0.05, 0.1) is 7.11 Å². The molecule has 106 valence electrons. The van der Waals surface area contributed by atoms with Crippen LogP contribution in [0.1, 0.15) is 6.92 Å². The molecule has 0 saturated heterocycles. The third-order valence-corrected chi connectivity index (χ3v) is 4.10. The van der Waals surface area contributed by atoms with Crippen LogP contribution in [0.25, 0.3) is 0 Å². The number of hydrogen-bond acceptors (Lipinski definition) is 6. The summed E-state index contributed by atoms with van der Waals surface area (Å²) in [6, 6.07) is 6.72. The largest absolute Gasteiger partial charge is 0.497 e. The van der Waals surface area contributed by atoms with Crippen LogP contribution in [-0.4, -0.2) is 29.1 Å². The van der Waals surface area contributed by atoms with Crippen molar-refractivity contribution in [2.24, 2.45) is 0 Å². The monoisotopic (exact) mass is 310 g/mol. The average molecular weight is 310 g/mol. The first kappa shape index (κ1) is 14.6. The van der Waals surface area contributed by atoms with Crippen molar-refractivity contribution < 1.29 is 9.53 Å². The smallest absolute Gasteiger partial charge is 0.325 e. The van der Waals surface area contributed by atoms with E-state index in [0.717, 1.165) is 15.8 Å². The summed E-state index contributed by atoms with van der Waals surface area (Å²) in [6.45, 7) is 2.04. The first-order chi connectivity index (χ1) is 9.71. The number of hydrogen-bond donors (Lipinski definition) is 2. The van der Waals surface area contributed by atoms with Crippen LogP contribution in [-0.2, 0) is 0 Å². The Morgan fingerprint density at radius 2 is 2.05 bits per heavy atom. The number of ether oxygens (including phenoxy) is 1. The van der Waals surface area contributed by atoms with Crippen LogP contribution < -0.4 is 15.4 Å². The predicted octanol–water partition coefficient (Wildman–Crippen LogP) is 3.30. The van der Waals surface area contributed by atoms with E-state index in [1.165, 1.54) is 11.3 Å². The number of aromatic nitrogens is 2. The summed E-state index contributed by atoms with van der Waals surface area (Å²) < 4.78 is 5.89. The number of carbonyl (C=O) groups excluding carboxylic acids is 1. The first-order valence-corrected chi connectivity index (χ1v) is 7.70. The maximum Gasteiger partial charge on any atom is 0.325 e. The van der Waals surface area contributed by atoms with Crippen LogP contribution >= 0.6 is 23.1 Å². The highest BCUT2D eigenvalue weighted by Gasteiger charge is 2.08. The first-order valence-electron chi connectivity index (χ1n) is 5.89. The van der Waals surface area contributed by atoms with Crippen molar-refractivity contribution in [2.45, 2.75) is 11.3 Å². The molecule has 0 spiro atoms. The highest BCUT2D eigenvalue weighted by Crippen LogP contribution is 2.25. The second-order valence-electron chi connectivity index (χ2n) is 3.61. The standard InChI is InChI=1S/C12H14N4O2S2/c1-3-19-12-16-15-11(20-12)14-10(17)13-8-4-6-9(18-2)7-5-8/h4-7H,3H2,1-2H3,(H2,13,14,15,17). The van der Waals surface area contributed by atoms with E-state index in [2.05, 4.69) is 20.8 Å². The van der Waals surface area contributed by atoms with Gasteiger partial charge in [0, 0.05) is 5.69 Å². The molecule has 0 aliphatic heterocycles. The average Bonchev–Trinajstić information content (AvgIpc) is 2.87. The molecule has 1 aromatic heterocycles. The molecule has 20 heavy (non-hydrogen) atoms. The van der Waals surface area contributed by atoms with Crippen molar-refractivity contribution in [1.29, 1.82) is 0 Å². The van der Waals surface area contributed by atoms with Crippen LogP contribution in [0.5, 0.6) is 5.75 Å². The van der Waals surface area contributed by atoms with Crippen LogP contribution in [0.2, 0.25) is 0 Å². The zero-order chi connectivity index (χ0) is 14.4. The van der Waals surface area contributed by atoms with Crippen LogP contribution in [0.4, 0.5) is 15.6 Å². The topological polar surface area (TPSA) is 76.1 Å². The molecule has 0 unspecified atom stereocenters. The highest BCUT2D eigenvalue weighted by atomic mass is 32.2. The fraction of sp³-hybridized carbons (Fsp3) is 0.250. The van der Waals surface area contributed by atoms with Gasteiger partial charge >= 0.3 is 6.03 Å². The van der Waals surface area contributed by atoms with Crippen molar-refractivity contribution >= 4 is 39.9 Å². The lowest BCUT2D eigenvalue weighted by atomic mass is 10.3. The number of methoxy groups -OCH3 is 1. The fourth-order valence-electron chi connectivity index (χ4n) is 1.38. The Bertz CT molecular complexity index is 571. The number of nitrogens with one attached hydrogen (secondary N) is 2. The molecule has 2 aromatic rings. The maximum absolute atomic E-state index is 11.8. The van der Waals surface area contributed by atoms with Gasteiger partial charge in [0.1, 0.15) is 5.75 Å². The Kier molecular flexibility index (Phi) is 5.19. The normalized spacial score (nSPS) is 10.1. The molecular weight excluding hydrogens is 296 g/mol. The number of anilines is 2. The van der Waals surface area contributed by atoms with E-state index in [-0.39, 0.29) is 6.03 Å². The molecule has 0 atom stereocenters. The van der Waals surface area contributed by atoms with Crippen molar-refractivity contribution in [1.82, 2.24) is 10.2 Å². The quantitative estimate of drug-likeness (QED) is 0.654. The molecule has 0 aliphatic carbocycles. The zero-order valence-electron chi connectivity index (χ0n) is 11.0. The molecule has 0 saturated carbocycles. The Labute approximate surface area is 124 Å². The Morgan fingerprint density at radius 1 is 1.30 bits per heavy atom. The molecule has 2 amide bonds. The molecule has 6 nitrogen and oxygen atoms in total. The molecule has 0 fully saturated rings. The number of carbonyl (C=O) groups is 1. The summed E-state index contributed by atoms with van der Waals surface area (Å²) >= 11 is 2.94. The second kappa shape index (κ2) is 7.11. The van der Waals surface area contributed by atoms with E-state index >= 15 is 0 Å². The summed E-state index contributed by atoms with van der Waals surface area (Å²) in [5.74, 6) is 1.66. The van der Waals surface area contributed by atoms with E-state index in [1.54, 1.807) is 43.1 Å². The summed E-state index contributed by atoms with van der Waals surface area (Å²) in [7, 11) is 1.59. The van der Waals surface area contributed by atoms with Crippen molar-refractivity contribution in [3.63, 3.8) is 0 Å². The van der Waals surface area contributed by atoms with Gasteiger partial charge in [-0.1, -0.05) is 30.0 Å². The molecule has 0 bridgehead atoms. The van der Waals surface area contributed by atoms with Crippen LogP contribution in [0.15, 0.2) is 28.6 Å². The van der Waals surface area contributed by atoms with Crippen LogP contribution in [0.3, 0.4) is 0 Å². The molecule has 2 rings (SSSR count). The third-order valence-electron chi connectivity index (χ3n) is 2.24. The molecule has 2 N–H and O–H groups in total. The number of benzene rings is 1. The third kappa shape index (κ3) is 4.10. The zero-order valence-corrected chi connectivity index (χ0v) is 12.7. The lowest BCUT2D eigenvalue weighted by molar-refractivity contribution is 0.262. The molecule has 0 radical (unpaired) electrons. The minimum atomic E-state index is -0.348. The molecule has 0 aliphatic rings. The van der Waals surface area contributed by atoms with E-state index in [0.29, 0.717) is 10.8 Å². The number of rotatable bonds is 5. The summed E-state index contributed by atoms with van der Waals surface area (Å²) in [5.41, 5.74) is 0.677. The minimum Gasteiger partial charge on any atom is -0.497 e. The van der Waals surface area contributed by atoms with E-state index in [1.807, 2.05) is 6.92 Å². The van der Waals surface area contributed by atoms with Crippen molar-refractivity contribution in [3.8, 4) is 5.75 Å². The SMILES string of the molecule is CCSc1nnc(NC(=O)Nc2ccc(OC)cc2)s1. The molecule has 1 aromatic carbocycles. The van der Waals surface area contributed by atoms with E-state index in [4.69, 9.17) is 4.74 Å². The summed E-state index contributed by atoms with van der Waals surface area (Å²) in [6.07, 6.45) is 0. The van der Waals surface area contributed by atoms with Gasteiger partial charge < -0.3 is 10.1 Å². The highest BCUT2D eigenvalue weighted by molar-refractivity contribution is 8.01. The van der Waals surface area contributed by atoms with Gasteiger partial charge in [0.2, 0.25) is 5.13 Å². The Hall–Kier alpha value is -1.80. The number of nitrogens with zero attached hydrogens (tertiary/aromatic N) is 2. The number of thioether (sulfide) groups is 1. The van der Waals surface area contributed by atoms with Gasteiger partial charge in [-0.3, -0.25) is 5.32 Å². The van der Waals surface area contributed by atoms with Crippen molar-refractivity contribution in [2.75, 3.05) is 23.5 Å². The summed E-state index contributed by atoms with van der Waals surface area (Å²) in [4.78, 5) is 11.8. The Balaban J connectivity index is 1.90. The van der Waals surface area contributed by atoms with Gasteiger partial charge in [0.25, 0.3) is 0 Å². The lowest BCUT2D eigenvalue weighted by Gasteiger charge is -2.05. The minimum absolute atomic E-state index is 0.348. The number of amides is 2.